The monoisotopic (exact) mass is 456 g/mol. The molecule has 1 aliphatic rings. The highest BCUT2D eigenvalue weighted by Gasteiger charge is 2.19. The van der Waals surface area contributed by atoms with Gasteiger partial charge < -0.3 is 11.1 Å². The number of hydrogen-bond acceptors (Lipinski definition) is 2. The third-order valence-corrected chi connectivity index (χ3v) is 5.19. The summed E-state index contributed by atoms with van der Waals surface area (Å²) in [6.07, 6.45) is 0.880. The van der Waals surface area contributed by atoms with Crippen LogP contribution in [0.4, 0.5) is 0 Å². The molecule has 2 aromatic carbocycles. The smallest absolute Gasteiger partial charge is 0.251 e. The molecule has 2 aromatic rings. The number of fused-ring (bicyclic) bond motifs is 1. The summed E-state index contributed by atoms with van der Waals surface area (Å²) in [7, 11) is 0. The number of halogens is 2. The van der Waals surface area contributed by atoms with Gasteiger partial charge in [0.1, 0.15) is 0 Å². The van der Waals surface area contributed by atoms with Gasteiger partial charge in [0.2, 0.25) is 0 Å². The fourth-order valence-corrected chi connectivity index (χ4v) is 3.61. The number of nitrogens with one attached hydrogen (secondary N) is 1. The quantitative estimate of drug-likeness (QED) is 0.680. The van der Waals surface area contributed by atoms with Crippen LogP contribution >= 0.6 is 38.5 Å². The Balaban J connectivity index is 2.02. The first-order valence-electron chi connectivity index (χ1n) is 6.68. The van der Waals surface area contributed by atoms with Crippen LogP contribution in [0.25, 0.3) is 0 Å². The van der Waals surface area contributed by atoms with Crippen molar-refractivity contribution in [2.75, 3.05) is 6.54 Å². The topological polar surface area (TPSA) is 55.1 Å². The van der Waals surface area contributed by atoms with Crippen molar-refractivity contribution in [3.63, 3.8) is 0 Å². The normalized spacial score (nSPS) is 15.3. The minimum atomic E-state index is -0.241. The fraction of sp³-hybridized carbons (Fsp3) is 0.188. The zero-order valence-corrected chi connectivity index (χ0v) is 14.9. The molecule has 0 fully saturated rings. The molecule has 0 spiro atoms. The Labute approximate surface area is 145 Å². The van der Waals surface area contributed by atoms with E-state index >= 15 is 0 Å². The van der Waals surface area contributed by atoms with Crippen molar-refractivity contribution in [3.8, 4) is 0 Å². The van der Waals surface area contributed by atoms with Gasteiger partial charge in [-0.1, -0.05) is 28.1 Å². The zero-order chi connectivity index (χ0) is 15.0. The van der Waals surface area contributed by atoms with Gasteiger partial charge in [-0.05, 0) is 70.0 Å². The Kier molecular flexibility index (Phi) is 4.33. The van der Waals surface area contributed by atoms with E-state index in [0.717, 1.165) is 36.7 Å². The molecule has 3 rings (SSSR count). The molecule has 5 heteroatoms. The highest BCUT2D eigenvalue weighted by Crippen LogP contribution is 2.29. The van der Waals surface area contributed by atoms with Gasteiger partial charge in [0.05, 0.1) is 6.04 Å². The van der Waals surface area contributed by atoms with E-state index in [4.69, 9.17) is 5.73 Å². The molecule has 108 valence electrons. The average molecular weight is 457 g/mol. The van der Waals surface area contributed by atoms with E-state index < -0.39 is 0 Å². The molecule has 0 saturated heterocycles. The molecule has 0 saturated carbocycles. The van der Waals surface area contributed by atoms with Crippen LogP contribution in [0.3, 0.4) is 0 Å². The number of rotatable bonds is 2. The van der Waals surface area contributed by atoms with Gasteiger partial charge in [-0.15, -0.1) is 0 Å². The molecule has 1 unspecified atom stereocenters. The van der Waals surface area contributed by atoms with E-state index in [0.29, 0.717) is 6.54 Å². The van der Waals surface area contributed by atoms with E-state index in [-0.39, 0.29) is 11.9 Å². The minimum absolute atomic E-state index is 0.00533. The van der Waals surface area contributed by atoms with E-state index in [9.17, 15) is 4.79 Å². The maximum atomic E-state index is 12.0. The highest BCUT2D eigenvalue weighted by atomic mass is 127. The number of benzene rings is 2. The Hall–Kier alpha value is -0.920. The van der Waals surface area contributed by atoms with E-state index in [1.807, 2.05) is 36.4 Å². The molecule has 21 heavy (non-hydrogen) atoms. The Morgan fingerprint density at radius 3 is 2.86 bits per heavy atom. The molecular weight excluding hydrogens is 443 g/mol. The molecule has 0 bridgehead atoms. The minimum Gasteiger partial charge on any atom is -0.352 e. The van der Waals surface area contributed by atoms with Gasteiger partial charge in [-0.3, -0.25) is 4.79 Å². The van der Waals surface area contributed by atoms with Crippen LogP contribution in [-0.4, -0.2) is 12.5 Å². The van der Waals surface area contributed by atoms with Crippen LogP contribution in [0.5, 0.6) is 0 Å². The second kappa shape index (κ2) is 6.06. The number of carbonyl (C=O) groups is 1. The highest BCUT2D eigenvalue weighted by molar-refractivity contribution is 14.1. The summed E-state index contributed by atoms with van der Waals surface area (Å²) in [5.41, 5.74) is 10.3. The van der Waals surface area contributed by atoms with E-state index in [2.05, 4.69) is 43.8 Å². The summed E-state index contributed by atoms with van der Waals surface area (Å²) in [5.74, 6) is -0.00533. The lowest BCUT2D eigenvalue weighted by molar-refractivity contribution is 0.0946. The van der Waals surface area contributed by atoms with Crippen molar-refractivity contribution in [3.05, 3.63) is 66.7 Å². The zero-order valence-electron chi connectivity index (χ0n) is 11.2. The molecule has 1 heterocycles. The number of nitrogens with two attached hydrogens (primary N) is 1. The van der Waals surface area contributed by atoms with Gasteiger partial charge in [-0.25, -0.2) is 0 Å². The third-order valence-electron chi connectivity index (χ3n) is 3.71. The fourth-order valence-electron chi connectivity index (χ4n) is 2.56. The molecular formula is C16H14BrIN2O. The Morgan fingerprint density at radius 2 is 2.05 bits per heavy atom. The lowest BCUT2D eigenvalue weighted by Gasteiger charge is -2.20. The molecule has 3 N–H and O–H groups in total. The summed E-state index contributed by atoms with van der Waals surface area (Å²) in [4.78, 5) is 12.0. The van der Waals surface area contributed by atoms with Gasteiger partial charge in [0, 0.05) is 20.2 Å². The molecule has 0 radical (unpaired) electrons. The first-order valence-corrected chi connectivity index (χ1v) is 8.55. The van der Waals surface area contributed by atoms with Crippen molar-refractivity contribution < 1.29 is 4.79 Å². The Morgan fingerprint density at radius 1 is 1.24 bits per heavy atom. The SMILES string of the molecule is NC(c1ccc2c(c1)C(=O)NCC2)c1cc(Br)ccc1I. The van der Waals surface area contributed by atoms with Crippen LogP contribution < -0.4 is 11.1 Å². The summed E-state index contributed by atoms with van der Waals surface area (Å²) >= 11 is 5.77. The van der Waals surface area contributed by atoms with Gasteiger partial charge >= 0.3 is 0 Å². The summed E-state index contributed by atoms with van der Waals surface area (Å²) in [6.45, 7) is 0.709. The van der Waals surface area contributed by atoms with Crippen molar-refractivity contribution in [2.24, 2.45) is 5.73 Å². The molecule has 3 nitrogen and oxygen atoms in total. The first kappa shape index (κ1) is 15.0. The van der Waals surface area contributed by atoms with Crippen molar-refractivity contribution >= 4 is 44.4 Å². The molecule has 1 amide bonds. The lowest BCUT2D eigenvalue weighted by atomic mass is 9.93. The number of amides is 1. The van der Waals surface area contributed by atoms with Gasteiger partial charge in [0.15, 0.2) is 0 Å². The predicted molar refractivity (Wildman–Crippen MR) is 95.4 cm³/mol. The van der Waals surface area contributed by atoms with Crippen LogP contribution in [0.2, 0.25) is 0 Å². The van der Waals surface area contributed by atoms with Crippen LogP contribution in [0.1, 0.15) is 33.1 Å². The van der Waals surface area contributed by atoms with Gasteiger partial charge in [0.25, 0.3) is 5.91 Å². The molecule has 0 aromatic heterocycles. The molecule has 1 atom stereocenters. The first-order chi connectivity index (χ1) is 10.1. The maximum Gasteiger partial charge on any atom is 0.251 e. The Bertz CT molecular complexity index is 717. The lowest BCUT2D eigenvalue weighted by Crippen LogP contribution is -2.32. The van der Waals surface area contributed by atoms with Crippen LogP contribution in [-0.2, 0) is 6.42 Å². The predicted octanol–water partition coefficient (Wildman–Crippen LogP) is 3.39. The largest absolute Gasteiger partial charge is 0.352 e. The van der Waals surface area contributed by atoms with Crippen molar-refractivity contribution in [1.29, 1.82) is 0 Å². The number of carbonyl (C=O) groups excluding carboxylic acids is 1. The van der Waals surface area contributed by atoms with E-state index in [1.165, 1.54) is 0 Å². The standard InChI is InChI=1S/C16H14BrIN2O/c17-11-3-4-14(18)13(8-11)15(19)10-2-1-9-5-6-20-16(21)12(9)7-10/h1-4,7-8,15H,5-6,19H2,(H,20,21). The molecule has 1 aliphatic heterocycles. The maximum absolute atomic E-state index is 12.0. The average Bonchev–Trinajstić information content (AvgIpc) is 2.49. The summed E-state index contributed by atoms with van der Waals surface area (Å²) in [5, 5.41) is 2.88. The second-order valence-corrected chi connectivity index (χ2v) is 7.14. The second-order valence-electron chi connectivity index (χ2n) is 5.07. The summed E-state index contributed by atoms with van der Waals surface area (Å²) in [6, 6.07) is 11.8. The van der Waals surface area contributed by atoms with Crippen molar-refractivity contribution in [1.82, 2.24) is 5.32 Å². The summed E-state index contributed by atoms with van der Waals surface area (Å²) < 4.78 is 2.12. The molecule has 0 aliphatic carbocycles. The van der Waals surface area contributed by atoms with Gasteiger partial charge in [-0.2, -0.15) is 0 Å². The van der Waals surface area contributed by atoms with E-state index in [1.54, 1.807) is 0 Å². The van der Waals surface area contributed by atoms with Crippen molar-refractivity contribution in [2.45, 2.75) is 12.5 Å². The van der Waals surface area contributed by atoms with Crippen LogP contribution in [0.15, 0.2) is 40.9 Å². The van der Waals surface area contributed by atoms with Crippen LogP contribution in [0, 0.1) is 3.57 Å². The number of hydrogen-bond donors (Lipinski definition) is 2. The third kappa shape index (κ3) is 3.00.